The quantitative estimate of drug-likeness (QED) is 0.810. The molecular weight excluding hydrogens is 248 g/mol. The second-order valence-electron chi connectivity index (χ2n) is 7.58. The molecule has 2 heterocycles. The molecule has 3 heteroatoms. The van der Waals surface area contributed by atoms with Crippen LogP contribution >= 0.6 is 0 Å². The van der Waals surface area contributed by atoms with E-state index in [0.29, 0.717) is 12.5 Å². The molecule has 0 aromatic carbocycles. The molecule has 2 rings (SSSR count). The lowest BCUT2D eigenvalue weighted by atomic mass is 9.73. The maximum Gasteiger partial charge on any atom is 0.0630 e. The number of rotatable bonds is 6. The fourth-order valence-electron chi connectivity index (χ4n) is 4.67. The van der Waals surface area contributed by atoms with Crippen molar-refractivity contribution >= 4 is 0 Å². The van der Waals surface area contributed by atoms with Crippen molar-refractivity contribution in [3.8, 4) is 0 Å². The number of unbranched alkanes of at least 4 members (excludes halogenated alkanes) is 1. The van der Waals surface area contributed by atoms with Crippen molar-refractivity contribution in [2.75, 3.05) is 39.8 Å². The van der Waals surface area contributed by atoms with E-state index < -0.39 is 0 Å². The molecule has 2 aliphatic rings. The number of likely N-dealkylation sites (tertiary alicyclic amines) is 2. The first-order chi connectivity index (χ1) is 9.53. The summed E-state index contributed by atoms with van der Waals surface area (Å²) in [5.74, 6) is 2.25. The smallest absolute Gasteiger partial charge is 0.0630 e. The second kappa shape index (κ2) is 6.76. The van der Waals surface area contributed by atoms with E-state index in [4.69, 9.17) is 0 Å². The van der Waals surface area contributed by atoms with Crippen LogP contribution in [0.1, 0.15) is 46.5 Å². The molecule has 0 amide bonds. The number of nitrogens with zero attached hydrogens (tertiary/aromatic N) is 2. The molecule has 0 bridgehead atoms. The van der Waals surface area contributed by atoms with E-state index in [1.54, 1.807) is 0 Å². The summed E-state index contributed by atoms with van der Waals surface area (Å²) in [6.07, 6.45) is 5.08. The van der Waals surface area contributed by atoms with Crippen molar-refractivity contribution in [2.45, 2.75) is 52.0 Å². The lowest BCUT2D eigenvalue weighted by Gasteiger charge is -2.48. The highest BCUT2D eigenvalue weighted by molar-refractivity contribution is 5.09. The van der Waals surface area contributed by atoms with Gasteiger partial charge in [-0.25, -0.2) is 0 Å². The molecule has 118 valence electrons. The molecule has 0 unspecified atom stereocenters. The minimum Gasteiger partial charge on any atom is -0.394 e. The molecule has 0 aliphatic carbocycles. The minimum atomic E-state index is 0.0434. The van der Waals surface area contributed by atoms with Gasteiger partial charge in [0.2, 0.25) is 0 Å². The van der Waals surface area contributed by atoms with Gasteiger partial charge in [0, 0.05) is 13.1 Å². The van der Waals surface area contributed by atoms with Crippen molar-refractivity contribution < 1.29 is 5.11 Å². The predicted octanol–water partition coefficient (Wildman–Crippen LogP) is 2.45. The maximum absolute atomic E-state index is 10.2. The largest absolute Gasteiger partial charge is 0.394 e. The first-order valence-electron chi connectivity index (χ1n) is 8.58. The molecule has 3 atom stereocenters. The molecule has 2 fully saturated rings. The standard InChI is InChI=1S/C17H34N2O/c1-5-6-8-19-11-15(10-14(2)3)16-7-9-18(4)12-17(16,19)13-20/h14-16,20H,5-13H2,1-4H3/t15-,16-,17+/m1/s1. The van der Waals surface area contributed by atoms with Crippen molar-refractivity contribution in [1.82, 2.24) is 9.80 Å². The summed E-state index contributed by atoms with van der Waals surface area (Å²) < 4.78 is 0. The number of fused-ring (bicyclic) bond motifs is 1. The summed E-state index contributed by atoms with van der Waals surface area (Å²) in [6.45, 7) is 11.9. The Balaban J connectivity index is 2.18. The van der Waals surface area contributed by atoms with E-state index in [1.807, 2.05) is 0 Å². The molecular formula is C17H34N2O. The minimum absolute atomic E-state index is 0.0434. The number of piperidine rings is 1. The summed E-state index contributed by atoms with van der Waals surface area (Å²) in [7, 11) is 2.21. The Labute approximate surface area is 125 Å². The van der Waals surface area contributed by atoms with Gasteiger partial charge in [-0.2, -0.15) is 0 Å². The first kappa shape index (κ1) is 16.3. The zero-order valence-corrected chi connectivity index (χ0v) is 13.9. The van der Waals surface area contributed by atoms with Gasteiger partial charge in [-0.3, -0.25) is 4.90 Å². The van der Waals surface area contributed by atoms with E-state index in [2.05, 4.69) is 37.6 Å². The fraction of sp³-hybridized carbons (Fsp3) is 1.00. The normalized spacial score (nSPS) is 35.7. The fourth-order valence-corrected chi connectivity index (χ4v) is 4.67. The monoisotopic (exact) mass is 282 g/mol. The van der Waals surface area contributed by atoms with E-state index in [-0.39, 0.29) is 5.54 Å². The maximum atomic E-state index is 10.2. The lowest BCUT2D eigenvalue weighted by molar-refractivity contribution is -0.0219. The Morgan fingerprint density at radius 2 is 2.10 bits per heavy atom. The van der Waals surface area contributed by atoms with E-state index in [0.717, 1.165) is 24.9 Å². The number of hydrogen-bond donors (Lipinski definition) is 1. The van der Waals surface area contributed by atoms with E-state index in [1.165, 1.54) is 38.8 Å². The summed E-state index contributed by atoms with van der Waals surface area (Å²) in [5.41, 5.74) is 0.0434. The Bertz CT molecular complexity index is 307. The van der Waals surface area contributed by atoms with Gasteiger partial charge < -0.3 is 10.0 Å². The summed E-state index contributed by atoms with van der Waals surface area (Å²) in [5, 5.41) is 10.2. The Morgan fingerprint density at radius 1 is 1.35 bits per heavy atom. The van der Waals surface area contributed by atoms with Crippen LogP contribution in [0.15, 0.2) is 0 Å². The van der Waals surface area contributed by atoms with Gasteiger partial charge in [0.1, 0.15) is 0 Å². The molecule has 2 aliphatic heterocycles. The summed E-state index contributed by atoms with van der Waals surface area (Å²) >= 11 is 0. The number of aliphatic hydroxyl groups is 1. The molecule has 0 radical (unpaired) electrons. The molecule has 0 aromatic rings. The van der Waals surface area contributed by atoms with Crippen molar-refractivity contribution in [2.24, 2.45) is 17.8 Å². The van der Waals surface area contributed by atoms with Gasteiger partial charge in [-0.1, -0.05) is 27.2 Å². The van der Waals surface area contributed by atoms with Crippen molar-refractivity contribution in [1.29, 1.82) is 0 Å². The summed E-state index contributed by atoms with van der Waals surface area (Å²) in [4.78, 5) is 5.06. The second-order valence-corrected chi connectivity index (χ2v) is 7.58. The van der Waals surface area contributed by atoms with Crippen LogP contribution in [-0.4, -0.2) is 60.3 Å². The molecule has 0 spiro atoms. The van der Waals surface area contributed by atoms with Gasteiger partial charge in [0.15, 0.2) is 0 Å². The molecule has 2 saturated heterocycles. The van der Waals surface area contributed by atoms with E-state index in [9.17, 15) is 5.11 Å². The molecule has 0 saturated carbocycles. The highest BCUT2D eigenvalue weighted by Crippen LogP contribution is 2.46. The van der Waals surface area contributed by atoms with Crippen LogP contribution in [0.25, 0.3) is 0 Å². The van der Waals surface area contributed by atoms with Crippen LogP contribution in [0.3, 0.4) is 0 Å². The number of likely N-dealkylation sites (N-methyl/N-ethyl adjacent to an activating group) is 1. The van der Waals surface area contributed by atoms with Crippen LogP contribution in [0.4, 0.5) is 0 Å². The van der Waals surface area contributed by atoms with Gasteiger partial charge in [0.05, 0.1) is 12.1 Å². The lowest BCUT2D eigenvalue weighted by Crippen LogP contribution is -2.61. The van der Waals surface area contributed by atoms with Crippen LogP contribution in [0.5, 0.6) is 0 Å². The molecule has 3 nitrogen and oxygen atoms in total. The first-order valence-corrected chi connectivity index (χ1v) is 8.58. The zero-order chi connectivity index (χ0) is 14.8. The Kier molecular flexibility index (Phi) is 5.49. The van der Waals surface area contributed by atoms with Crippen LogP contribution in [0.2, 0.25) is 0 Å². The Hall–Kier alpha value is -0.120. The predicted molar refractivity (Wildman–Crippen MR) is 84.8 cm³/mol. The number of aliphatic hydroxyl groups excluding tert-OH is 1. The third kappa shape index (κ3) is 3.05. The van der Waals surface area contributed by atoms with Gasteiger partial charge in [-0.15, -0.1) is 0 Å². The van der Waals surface area contributed by atoms with Gasteiger partial charge >= 0.3 is 0 Å². The average Bonchev–Trinajstić information content (AvgIpc) is 2.69. The van der Waals surface area contributed by atoms with Crippen LogP contribution < -0.4 is 0 Å². The highest BCUT2D eigenvalue weighted by Gasteiger charge is 2.54. The molecule has 20 heavy (non-hydrogen) atoms. The van der Waals surface area contributed by atoms with Crippen LogP contribution in [-0.2, 0) is 0 Å². The van der Waals surface area contributed by atoms with Crippen molar-refractivity contribution in [3.63, 3.8) is 0 Å². The molecule has 1 N–H and O–H groups in total. The van der Waals surface area contributed by atoms with E-state index >= 15 is 0 Å². The zero-order valence-electron chi connectivity index (χ0n) is 13.9. The average molecular weight is 282 g/mol. The third-order valence-corrected chi connectivity index (χ3v) is 5.54. The van der Waals surface area contributed by atoms with Crippen LogP contribution in [0, 0.1) is 17.8 Å². The SMILES string of the molecule is CCCCN1C[C@@H](CC(C)C)[C@H]2CCN(C)C[C@]21CO. The highest BCUT2D eigenvalue weighted by atomic mass is 16.3. The topological polar surface area (TPSA) is 26.7 Å². The van der Waals surface area contributed by atoms with Gasteiger partial charge in [0.25, 0.3) is 0 Å². The summed E-state index contributed by atoms with van der Waals surface area (Å²) in [6, 6.07) is 0. The Morgan fingerprint density at radius 3 is 2.70 bits per heavy atom. The van der Waals surface area contributed by atoms with Gasteiger partial charge in [-0.05, 0) is 57.2 Å². The third-order valence-electron chi connectivity index (χ3n) is 5.54. The number of hydrogen-bond acceptors (Lipinski definition) is 3. The molecule has 0 aromatic heterocycles. The van der Waals surface area contributed by atoms with Crippen molar-refractivity contribution in [3.05, 3.63) is 0 Å².